The third-order valence-electron chi connectivity index (χ3n) is 3.54. The smallest absolute Gasteiger partial charge is 0.236 e. The average molecular weight is 418 g/mol. The number of thiazole rings is 1. The highest BCUT2D eigenvalue weighted by Crippen LogP contribution is 2.27. The molecule has 2 heterocycles. The number of rotatable bonds is 9. The fourth-order valence-corrected chi connectivity index (χ4v) is 4.45. The number of hydrogen-bond donors (Lipinski definition) is 2. The zero-order chi connectivity index (χ0) is 19.1. The van der Waals surface area contributed by atoms with Gasteiger partial charge in [-0.25, -0.2) is 4.98 Å². The van der Waals surface area contributed by atoms with Crippen LogP contribution in [0.3, 0.4) is 0 Å². The van der Waals surface area contributed by atoms with Crippen LogP contribution in [0.2, 0.25) is 0 Å². The minimum absolute atomic E-state index is 0.113. The molecule has 140 valence electrons. The summed E-state index contributed by atoms with van der Waals surface area (Å²) in [5.41, 5.74) is 3.21. The Labute approximate surface area is 170 Å². The number of aromatic nitrogens is 3. The lowest BCUT2D eigenvalue weighted by Gasteiger charge is -2.00. The topological polar surface area (TPSA) is 79.8 Å². The molecule has 0 aliphatic rings. The maximum absolute atomic E-state index is 12.2. The zero-order valence-corrected chi connectivity index (χ0v) is 17.2. The predicted molar refractivity (Wildman–Crippen MR) is 115 cm³/mol. The quantitative estimate of drug-likeness (QED) is 0.393. The second-order valence-electron chi connectivity index (χ2n) is 5.47. The van der Waals surface area contributed by atoms with Gasteiger partial charge in [-0.15, -0.1) is 28.1 Å². The van der Waals surface area contributed by atoms with Crippen molar-refractivity contribution in [2.75, 3.05) is 22.9 Å². The SMILES string of the molecule is C=CCNc1nnc(SCC(=O)Nc2nc(-c3ccc(CC)cc3)cs2)s1. The van der Waals surface area contributed by atoms with Crippen molar-refractivity contribution in [2.24, 2.45) is 0 Å². The number of aryl methyl sites for hydroxylation is 1. The summed E-state index contributed by atoms with van der Waals surface area (Å²) in [6.45, 7) is 6.40. The van der Waals surface area contributed by atoms with Gasteiger partial charge in [-0.05, 0) is 12.0 Å². The Bertz CT molecular complexity index is 904. The maximum atomic E-state index is 12.2. The summed E-state index contributed by atoms with van der Waals surface area (Å²) in [4.78, 5) is 16.7. The molecule has 1 amide bonds. The van der Waals surface area contributed by atoms with Gasteiger partial charge in [0.15, 0.2) is 9.47 Å². The molecular formula is C18H19N5OS3. The lowest BCUT2D eigenvalue weighted by atomic mass is 10.1. The van der Waals surface area contributed by atoms with Crippen molar-refractivity contribution in [3.05, 3.63) is 47.9 Å². The summed E-state index contributed by atoms with van der Waals surface area (Å²) < 4.78 is 0.743. The number of carbonyl (C=O) groups excluding carboxylic acids is 1. The second kappa shape index (κ2) is 9.63. The average Bonchev–Trinajstić information content (AvgIpc) is 3.34. The molecule has 3 rings (SSSR count). The van der Waals surface area contributed by atoms with Gasteiger partial charge in [0.25, 0.3) is 0 Å². The van der Waals surface area contributed by atoms with E-state index in [-0.39, 0.29) is 11.7 Å². The van der Waals surface area contributed by atoms with Gasteiger partial charge < -0.3 is 10.6 Å². The van der Waals surface area contributed by atoms with E-state index in [1.54, 1.807) is 6.08 Å². The van der Waals surface area contributed by atoms with Gasteiger partial charge in [0.05, 0.1) is 11.4 Å². The van der Waals surface area contributed by atoms with Crippen molar-refractivity contribution in [1.29, 1.82) is 0 Å². The van der Waals surface area contributed by atoms with Crippen LogP contribution in [0.15, 0.2) is 46.6 Å². The number of carbonyl (C=O) groups is 1. The Morgan fingerprint density at radius 1 is 1.26 bits per heavy atom. The van der Waals surface area contributed by atoms with E-state index >= 15 is 0 Å². The molecule has 1 aromatic carbocycles. The van der Waals surface area contributed by atoms with E-state index in [0.29, 0.717) is 11.7 Å². The lowest BCUT2D eigenvalue weighted by molar-refractivity contribution is -0.113. The first-order valence-corrected chi connectivity index (χ1v) is 11.0. The van der Waals surface area contributed by atoms with Gasteiger partial charge in [-0.3, -0.25) is 4.79 Å². The first-order chi connectivity index (χ1) is 13.2. The normalized spacial score (nSPS) is 10.6. The summed E-state index contributed by atoms with van der Waals surface area (Å²) in [5.74, 6) is 0.147. The highest BCUT2D eigenvalue weighted by atomic mass is 32.2. The third kappa shape index (κ3) is 5.62. The zero-order valence-electron chi connectivity index (χ0n) is 14.8. The number of amides is 1. The molecular weight excluding hydrogens is 398 g/mol. The standard InChI is InChI=1S/C18H19N5OS3/c1-3-9-19-16-22-23-18(27-16)26-11-15(24)21-17-20-14(10-25-17)13-7-5-12(4-2)6-8-13/h3,5-8,10H,1,4,9,11H2,2H3,(H,19,22)(H,20,21,24). The molecule has 0 fully saturated rings. The van der Waals surface area contributed by atoms with Crippen LogP contribution in [-0.4, -0.2) is 33.4 Å². The molecule has 6 nitrogen and oxygen atoms in total. The largest absolute Gasteiger partial charge is 0.357 e. The highest BCUT2D eigenvalue weighted by Gasteiger charge is 2.11. The summed E-state index contributed by atoms with van der Waals surface area (Å²) in [6.07, 6.45) is 2.76. The van der Waals surface area contributed by atoms with Crippen LogP contribution in [0.4, 0.5) is 10.3 Å². The van der Waals surface area contributed by atoms with Crippen molar-refractivity contribution < 1.29 is 4.79 Å². The minimum atomic E-state index is -0.113. The first-order valence-electron chi connectivity index (χ1n) is 8.33. The van der Waals surface area contributed by atoms with Crippen molar-refractivity contribution in [3.8, 4) is 11.3 Å². The Kier molecular flexibility index (Phi) is 6.97. The van der Waals surface area contributed by atoms with Crippen LogP contribution in [0.25, 0.3) is 11.3 Å². The van der Waals surface area contributed by atoms with E-state index in [9.17, 15) is 4.79 Å². The fraction of sp³-hybridized carbons (Fsp3) is 0.222. The summed E-state index contributed by atoms with van der Waals surface area (Å²) in [6, 6.07) is 8.32. The van der Waals surface area contributed by atoms with Crippen molar-refractivity contribution in [2.45, 2.75) is 17.7 Å². The van der Waals surface area contributed by atoms with Crippen molar-refractivity contribution in [3.63, 3.8) is 0 Å². The van der Waals surface area contributed by atoms with E-state index in [1.807, 2.05) is 5.38 Å². The molecule has 27 heavy (non-hydrogen) atoms. The van der Waals surface area contributed by atoms with Crippen molar-refractivity contribution in [1.82, 2.24) is 15.2 Å². The van der Waals surface area contributed by atoms with Crippen LogP contribution < -0.4 is 10.6 Å². The number of thioether (sulfide) groups is 1. The Morgan fingerprint density at radius 3 is 2.81 bits per heavy atom. The molecule has 3 aromatic rings. The molecule has 0 atom stereocenters. The Hall–Kier alpha value is -2.23. The van der Waals surface area contributed by atoms with E-state index in [2.05, 4.69) is 63.6 Å². The number of hydrogen-bond acceptors (Lipinski definition) is 8. The maximum Gasteiger partial charge on any atom is 0.236 e. The van der Waals surface area contributed by atoms with Crippen LogP contribution in [0, 0.1) is 0 Å². The molecule has 9 heteroatoms. The molecule has 0 spiro atoms. The van der Waals surface area contributed by atoms with Crippen LogP contribution in [0.5, 0.6) is 0 Å². The summed E-state index contributed by atoms with van der Waals surface area (Å²) in [7, 11) is 0. The van der Waals surface area contributed by atoms with E-state index in [0.717, 1.165) is 27.1 Å². The minimum Gasteiger partial charge on any atom is -0.357 e. The molecule has 2 aromatic heterocycles. The monoisotopic (exact) mass is 417 g/mol. The van der Waals surface area contributed by atoms with Crippen molar-refractivity contribution >= 4 is 50.6 Å². The molecule has 2 N–H and O–H groups in total. The molecule has 0 bridgehead atoms. The van der Waals surface area contributed by atoms with Gasteiger partial charge in [0.2, 0.25) is 11.0 Å². The third-order valence-corrected chi connectivity index (χ3v) is 6.31. The fourth-order valence-electron chi connectivity index (χ4n) is 2.16. The lowest BCUT2D eigenvalue weighted by Crippen LogP contribution is -2.13. The predicted octanol–water partition coefficient (Wildman–Crippen LogP) is 4.55. The van der Waals surface area contributed by atoms with Gasteiger partial charge in [0.1, 0.15) is 0 Å². The van der Waals surface area contributed by atoms with Crippen LogP contribution in [-0.2, 0) is 11.2 Å². The van der Waals surface area contributed by atoms with Crippen LogP contribution >= 0.6 is 34.4 Å². The molecule has 0 aliphatic heterocycles. The van der Waals surface area contributed by atoms with E-state index in [1.165, 1.54) is 40.0 Å². The van der Waals surface area contributed by atoms with E-state index in [4.69, 9.17) is 0 Å². The summed E-state index contributed by atoms with van der Waals surface area (Å²) >= 11 is 4.19. The first kappa shape index (κ1) is 19.5. The van der Waals surface area contributed by atoms with Gasteiger partial charge >= 0.3 is 0 Å². The second-order valence-corrected chi connectivity index (χ2v) is 8.53. The molecule has 0 unspecified atom stereocenters. The number of nitrogens with zero attached hydrogens (tertiary/aromatic N) is 3. The highest BCUT2D eigenvalue weighted by molar-refractivity contribution is 8.01. The molecule has 0 radical (unpaired) electrons. The van der Waals surface area contributed by atoms with Gasteiger partial charge in [-0.1, -0.05) is 60.4 Å². The summed E-state index contributed by atoms with van der Waals surface area (Å²) in [5, 5.41) is 17.2. The number of nitrogens with one attached hydrogen (secondary N) is 2. The van der Waals surface area contributed by atoms with Gasteiger partial charge in [0, 0.05) is 17.5 Å². The van der Waals surface area contributed by atoms with Crippen LogP contribution in [0.1, 0.15) is 12.5 Å². The number of benzene rings is 1. The van der Waals surface area contributed by atoms with E-state index < -0.39 is 0 Å². The molecule has 0 saturated carbocycles. The Balaban J connectivity index is 1.51. The molecule has 0 aliphatic carbocycles. The molecule has 0 saturated heterocycles. The van der Waals surface area contributed by atoms with Gasteiger partial charge in [-0.2, -0.15) is 0 Å². The Morgan fingerprint density at radius 2 is 2.07 bits per heavy atom. The number of anilines is 2.